The second-order valence-corrected chi connectivity index (χ2v) is 8.41. The normalized spacial score (nSPS) is 17.8. The van der Waals surface area contributed by atoms with Crippen molar-refractivity contribution in [3.63, 3.8) is 0 Å². The summed E-state index contributed by atoms with van der Waals surface area (Å²) in [5.41, 5.74) is 2.50. The second kappa shape index (κ2) is 8.77. The zero-order valence-corrected chi connectivity index (χ0v) is 18.5. The lowest BCUT2D eigenvalue weighted by Gasteiger charge is -2.25. The van der Waals surface area contributed by atoms with Crippen LogP contribution in [-0.4, -0.2) is 21.7 Å². The Balaban J connectivity index is 1.87. The summed E-state index contributed by atoms with van der Waals surface area (Å²) in [5, 5.41) is 11.6. The average Bonchev–Trinajstić information content (AvgIpc) is 3.01. The number of nitrogens with zero attached hydrogens (tertiary/aromatic N) is 1. The van der Waals surface area contributed by atoms with Crippen molar-refractivity contribution in [2.24, 2.45) is 0 Å². The van der Waals surface area contributed by atoms with Crippen molar-refractivity contribution in [1.82, 2.24) is 4.90 Å². The van der Waals surface area contributed by atoms with Gasteiger partial charge < -0.3 is 10.0 Å². The SMILES string of the molecule is Cc1cccc(C2/C(=C(/O)c3ccc(Cl)c(Cl)c3)C(=O)C(=O)N2Cc2ccc(F)cc2)c1. The van der Waals surface area contributed by atoms with Gasteiger partial charge in [-0.25, -0.2) is 4.39 Å². The first-order chi connectivity index (χ1) is 15.3. The van der Waals surface area contributed by atoms with Gasteiger partial charge >= 0.3 is 0 Å². The van der Waals surface area contributed by atoms with Crippen LogP contribution in [0.25, 0.3) is 5.76 Å². The first kappa shape index (κ1) is 22.1. The lowest BCUT2D eigenvalue weighted by atomic mass is 9.94. The number of carbonyl (C=O) groups is 2. The molecular formula is C25H18Cl2FNO3. The molecule has 1 unspecified atom stereocenters. The number of hydrogen-bond acceptors (Lipinski definition) is 3. The van der Waals surface area contributed by atoms with Crippen LogP contribution in [0.4, 0.5) is 4.39 Å². The number of hydrogen-bond donors (Lipinski definition) is 1. The first-order valence-electron chi connectivity index (χ1n) is 9.81. The Morgan fingerprint density at radius 1 is 1.00 bits per heavy atom. The second-order valence-electron chi connectivity index (χ2n) is 7.60. The molecule has 162 valence electrons. The Bertz CT molecular complexity index is 1250. The largest absolute Gasteiger partial charge is 0.507 e. The molecule has 0 radical (unpaired) electrons. The number of aryl methyl sites for hydroxylation is 1. The number of aliphatic hydroxyl groups is 1. The summed E-state index contributed by atoms with van der Waals surface area (Å²) in [6.45, 7) is 1.97. The standard InChI is InChI=1S/C25H18Cl2FNO3/c1-14-3-2-4-16(11-14)22-21(23(30)17-7-10-19(26)20(27)12-17)24(31)25(32)29(22)13-15-5-8-18(28)9-6-15/h2-12,22,30H,13H2,1H3/b23-21-. The lowest BCUT2D eigenvalue weighted by molar-refractivity contribution is -0.140. The van der Waals surface area contributed by atoms with Gasteiger partial charge in [0.15, 0.2) is 0 Å². The monoisotopic (exact) mass is 469 g/mol. The van der Waals surface area contributed by atoms with Crippen LogP contribution in [0.3, 0.4) is 0 Å². The van der Waals surface area contributed by atoms with Gasteiger partial charge in [0.2, 0.25) is 0 Å². The van der Waals surface area contributed by atoms with E-state index in [1.807, 2.05) is 25.1 Å². The fraction of sp³-hybridized carbons (Fsp3) is 0.120. The van der Waals surface area contributed by atoms with Gasteiger partial charge in [-0.05, 0) is 48.4 Å². The van der Waals surface area contributed by atoms with Crippen LogP contribution in [0.1, 0.15) is 28.3 Å². The van der Waals surface area contributed by atoms with E-state index in [1.165, 1.54) is 35.2 Å². The highest BCUT2D eigenvalue weighted by Gasteiger charge is 2.46. The molecule has 1 saturated heterocycles. The molecule has 0 spiro atoms. The predicted octanol–water partition coefficient (Wildman–Crippen LogP) is 6.06. The molecule has 1 heterocycles. The molecule has 0 aromatic heterocycles. The zero-order valence-electron chi connectivity index (χ0n) is 17.0. The summed E-state index contributed by atoms with van der Waals surface area (Å²) >= 11 is 12.1. The molecule has 0 bridgehead atoms. The summed E-state index contributed by atoms with van der Waals surface area (Å²) in [4.78, 5) is 27.5. The number of likely N-dealkylation sites (tertiary alicyclic amines) is 1. The number of Topliss-reactive ketones (excluding diaryl/α,β-unsaturated/α-hetero) is 1. The van der Waals surface area contributed by atoms with E-state index in [4.69, 9.17) is 23.2 Å². The summed E-state index contributed by atoms with van der Waals surface area (Å²) in [6, 6.07) is 16.7. The van der Waals surface area contributed by atoms with Crippen LogP contribution in [0.5, 0.6) is 0 Å². The van der Waals surface area contributed by atoms with Gasteiger partial charge in [-0.2, -0.15) is 0 Å². The van der Waals surface area contributed by atoms with E-state index in [-0.39, 0.29) is 28.5 Å². The third kappa shape index (κ3) is 4.14. The molecule has 4 rings (SSSR count). The molecule has 0 aliphatic carbocycles. The van der Waals surface area contributed by atoms with Crippen molar-refractivity contribution >= 4 is 40.7 Å². The third-order valence-corrected chi connectivity index (χ3v) is 6.10. The number of carbonyl (C=O) groups excluding carboxylic acids is 2. The summed E-state index contributed by atoms with van der Waals surface area (Å²) in [7, 11) is 0. The highest BCUT2D eigenvalue weighted by atomic mass is 35.5. The fourth-order valence-electron chi connectivity index (χ4n) is 3.82. The van der Waals surface area contributed by atoms with E-state index in [9.17, 15) is 19.1 Å². The molecule has 1 aliphatic heterocycles. The molecule has 7 heteroatoms. The van der Waals surface area contributed by atoms with E-state index in [2.05, 4.69) is 0 Å². The van der Waals surface area contributed by atoms with Crippen molar-refractivity contribution in [3.8, 4) is 0 Å². The molecule has 3 aromatic rings. The predicted molar refractivity (Wildman–Crippen MR) is 122 cm³/mol. The molecular weight excluding hydrogens is 452 g/mol. The Labute approximate surface area is 194 Å². The van der Waals surface area contributed by atoms with E-state index in [1.54, 1.807) is 18.2 Å². The molecule has 1 N–H and O–H groups in total. The van der Waals surface area contributed by atoms with Crippen molar-refractivity contribution in [2.45, 2.75) is 19.5 Å². The number of ketones is 1. The van der Waals surface area contributed by atoms with Crippen LogP contribution >= 0.6 is 23.2 Å². The number of aliphatic hydroxyl groups excluding tert-OH is 1. The van der Waals surface area contributed by atoms with Crippen molar-refractivity contribution < 1.29 is 19.1 Å². The van der Waals surface area contributed by atoms with Crippen LogP contribution in [0.2, 0.25) is 10.0 Å². The van der Waals surface area contributed by atoms with Gasteiger partial charge in [0.25, 0.3) is 11.7 Å². The molecule has 0 saturated carbocycles. The number of halogens is 3. The van der Waals surface area contributed by atoms with Gasteiger partial charge in [0.1, 0.15) is 11.6 Å². The first-order valence-corrected chi connectivity index (χ1v) is 10.6. The van der Waals surface area contributed by atoms with Crippen molar-refractivity contribution in [2.75, 3.05) is 0 Å². The van der Waals surface area contributed by atoms with Crippen molar-refractivity contribution in [3.05, 3.63) is 110 Å². The highest BCUT2D eigenvalue weighted by Crippen LogP contribution is 2.41. The maximum Gasteiger partial charge on any atom is 0.295 e. The summed E-state index contributed by atoms with van der Waals surface area (Å²) < 4.78 is 13.3. The van der Waals surface area contributed by atoms with Crippen LogP contribution in [-0.2, 0) is 16.1 Å². The molecule has 1 amide bonds. The van der Waals surface area contributed by atoms with Gasteiger partial charge in [-0.1, -0.05) is 65.2 Å². The fourth-order valence-corrected chi connectivity index (χ4v) is 4.11. The Morgan fingerprint density at radius 2 is 1.72 bits per heavy atom. The topological polar surface area (TPSA) is 57.6 Å². The quantitative estimate of drug-likeness (QED) is 0.286. The van der Waals surface area contributed by atoms with E-state index >= 15 is 0 Å². The Hall–Kier alpha value is -3.15. The van der Waals surface area contributed by atoms with Gasteiger partial charge in [0, 0.05) is 12.1 Å². The summed E-state index contributed by atoms with van der Waals surface area (Å²) in [6.07, 6.45) is 0. The minimum atomic E-state index is -0.825. The Kier molecular flexibility index (Phi) is 6.04. The van der Waals surface area contributed by atoms with Gasteiger partial charge in [0.05, 0.1) is 21.7 Å². The summed E-state index contributed by atoms with van der Waals surface area (Å²) in [5.74, 6) is -2.29. The average molecular weight is 470 g/mol. The van der Waals surface area contributed by atoms with Crippen LogP contribution in [0.15, 0.2) is 72.3 Å². The molecule has 1 fully saturated rings. The number of rotatable bonds is 4. The molecule has 1 aliphatic rings. The van der Waals surface area contributed by atoms with E-state index in [0.717, 1.165) is 5.56 Å². The number of amides is 1. The molecule has 4 nitrogen and oxygen atoms in total. The van der Waals surface area contributed by atoms with Crippen LogP contribution < -0.4 is 0 Å². The van der Waals surface area contributed by atoms with Gasteiger partial charge in [-0.15, -0.1) is 0 Å². The van der Waals surface area contributed by atoms with E-state index in [0.29, 0.717) is 16.1 Å². The highest BCUT2D eigenvalue weighted by molar-refractivity contribution is 6.46. The minimum absolute atomic E-state index is 0.0406. The molecule has 32 heavy (non-hydrogen) atoms. The minimum Gasteiger partial charge on any atom is -0.507 e. The van der Waals surface area contributed by atoms with Gasteiger partial charge in [-0.3, -0.25) is 9.59 Å². The van der Waals surface area contributed by atoms with Crippen LogP contribution in [0, 0.1) is 12.7 Å². The lowest BCUT2D eigenvalue weighted by Crippen LogP contribution is -2.29. The maximum atomic E-state index is 13.3. The zero-order chi connectivity index (χ0) is 23.0. The smallest absolute Gasteiger partial charge is 0.295 e. The molecule has 1 atom stereocenters. The third-order valence-electron chi connectivity index (χ3n) is 5.36. The Morgan fingerprint density at radius 3 is 2.38 bits per heavy atom. The van der Waals surface area contributed by atoms with E-state index < -0.39 is 23.5 Å². The maximum absolute atomic E-state index is 13.3. The molecule has 3 aromatic carbocycles. The van der Waals surface area contributed by atoms with Crippen molar-refractivity contribution in [1.29, 1.82) is 0 Å². The number of benzene rings is 3.